The number of hydrogen-bond acceptors (Lipinski definition) is 4. The second-order valence-corrected chi connectivity index (χ2v) is 7.13. The summed E-state index contributed by atoms with van der Waals surface area (Å²) in [6, 6.07) is 17.0. The Morgan fingerprint density at radius 2 is 1.81 bits per heavy atom. The molecule has 0 radical (unpaired) electrons. The van der Waals surface area contributed by atoms with Gasteiger partial charge in [0.05, 0.1) is 32.5 Å². The van der Waals surface area contributed by atoms with Crippen LogP contribution in [0.5, 0.6) is 0 Å². The van der Waals surface area contributed by atoms with Gasteiger partial charge >= 0.3 is 0 Å². The van der Waals surface area contributed by atoms with Crippen molar-refractivity contribution < 1.29 is 13.9 Å². The third kappa shape index (κ3) is 8.72. The molecule has 0 aromatic heterocycles. The SMILES string of the molecule is CN=C(NCCOCc1ccccc1)NCC(c1ccc(F)cc1)N1CCOCC1.I. The van der Waals surface area contributed by atoms with Gasteiger partial charge in [-0.2, -0.15) is 0 Å². The second kappa shape index (κ2) is 14.3. The molecule has 1 unspecified atom stereocenters. The Balaban J connectivity index is 0.00000341. The number of hydrogen-bond donors (Lipinski definition) is 2. The highest BCUT2D eigenvalue weighted by molar-refractivity contribution is 14.0. The minimum atomic E-state index is -0.222. The van der Waals surface area contributed by atoms with Crippen molar-refractivity contribution in [3.05, 3.63) is 71.5 Å². The first kappa shape index (κ1) is 25.5. The molecule has 2 aromatic rings. The summed E-state index contributed by atoms with van der Waals surface area (Å²) in [6.45, 7) is 5.62. The second-order valence-electron chi connectivity index (χ2n) is 7.13. The van der Waals surface area contributed by atoms with Crippen molar-refractivity contribution in [2.24, 2.45) is 4.99 Å². The maximum absolute atomic E-state index is 13.4. The molecule has 2 aromatic carbocycles. The maximum atomic E-state index is 13.4. The number of benzene rings is 2. The molecule has 1 heterocycles. The standard InChI is InChI=1S/C23H31FN4O2.HI/c1-25-23(26-11-14-30-18-19-5-3-2-4-6-19)27-17-22(28-12-15-29-16-13-28)20-7-9-21(24)10-8-20;/h2-10,22H,11-18H2,1H3,(H2,25,26,27);1H. The topological polar surface area (TPSA) is 58.1 Å². The predicted octanol–water partition coefficient (Wildman–Crippen LogP) is 3.20. The lowest BCUT2D eigenvalue weighted by atomic mass is 10.0. The summed E-state index contributed by atoms with van der Waals surface area (Å²) in [5.41, 5.74) is 2.24. The highest BCUT2D eigenvalue weighted by Crippen LogP contribution is 2.21. The van der Waals surface area contributed by atoms with Crippen LogP contribution in [0.4, 0.5) is 4.39 Å². The van der Waals surface area contributed by atoms with Crippen LogP contribution in [-0.4, -0.2) is 63.9 Å². The molecule has 1 atom stereocenters. The Hall–Kier alpha value is -1.75. The molecule has 0 aliphatic carbocycles. The minimum absolute atomic E-state index is 0. The summed E-state index contributed by atoms with van der Waals surface area (Å²) < 4.78 is 24.6. The van der Waals surface area contributed by atoms with Crippen LogP contribution in [-0.2, 0) is 16.1 Å². The van der Waals surface area contributed by atoms with Crippen molar-refractivity contribution in [3.63, 3.8) is 0 Å². The molecule has 8 heteroatoms. The van der Waals surface area contributed by atoms with Crippen LogP contribution >= 0.6 is 24.0 Å². The van der Waals surface area contributed by atoms with Gasteiger partial charge in [0.2, 0.25) is 0 Å². The van der Waals surface area contributed by atoms with E-state index in [-0.39, 0.29) is 35.8 Å². The molecule has 170 valence electrons. The number of guanidine groups is 1. The summed E-state index contributed by atoms with van der Waals surface area (Å²) >= 11 is 0. The van der Waals surface area contributed by atoms with Gasteiger partial charge in [-0.25, -0.2) is 4.39 Å². The number of rotatable bonds is 9. The first-order valence-corrected chi connectivity index (χ1v) is 10.4. The maximum Gasteiger partial charge on any atom is 0.191 e. The lowest BCUT2D eigenvalue weighted by Gasteiger charge is -2.35. The zero-order valence-electron chi connectivity index (χ0n) is 17.9. The van der Waals surface area contributed by atoms with Crippen molar-refractivity contribution in [3.8, 4) is 0 Å². The Labute approximate surface area is 201 Å². The summed E-state index contributed by atoms with van der Waals surface area (Å²) in [6.07, 6.45) is 0. The van der Waals surface area contributed by atoms with Crippen LogP contribution in [0.15, 0.2) is 59.6 Å². The molecule has 6 nitrogen and oxygen atoms in total. The molecule has 0 saturated carbocycles. The van der Waals surface area contributed by atoms with Crippen LogP contribution in [0, 0.1) is 5.82 Å². The third-order valence-electron chi connectivity index (χ3n) is 5.08. The number of nitrogens with zero attached hydrogens (tertiary/aromatic N) is 2. The smallest absolute Gasteiger partial charge is 0.191 e. The summed E-state index contributed by atoms with van der Waals surface area (Å²) in [4.78, 5) is 6.67. The van der Waals surface area contributed by atoms with Crippen LogP contribution in [0.2, 0.25) is 0 Å². The molecule has 1 aliphatic rings. The van der Waals surface area contributed by atoms with Gasteiger partial charge in [-0.1, -0.05) is 42.5 Å². The summed E-state index contributed by atoms with van der Waals surface area (Å²) in [5.74, 6) is 0.499. The number of aliphatic imine (C=N–C) groups is 1. The molecule has 1 saturated heterocycles. The lowest BCUT2D eigenvalue weighted by Crippen LogP contribution is -2.46. The molecule has 1 aliphatic heterocycles. The lowest BCUT2D eigenvalue weighted by molar-refractivity contribution is 0.0170. The van der Waals surface area contributed by atoms with Gasteiger partial charge < -0.3 is 20.1 Å². The number of morpholine rings is 1. The Bertz CT molecular complexity index is 771. The van der Waals surface area contributed by atoms with E-state index < -0.39 is 0 Å². The van der Waals surface area contributed by atoms with Crippen LogP contribution in [0.1, 0.15) is 17.2 Å². The fourth-order valence-electron chi connectivity index (χ4n) is 3.45. The van der Waals surface area contributed by atoms with Crippen LogP contribution in [0.25, 0.3) is 0 Å². The number of nitrogens with one attached hydrogen (secondary N) is 2. The molecule has 31 heavy (non-hydrogen) atoms. The van der Waals surface area contributed by atoms with E-state index in [0.29, 0.717) is 39.5 Å². The highest BCUT2D eigenvalue weighted by atomic mass is 127. The monoisotopic (exact) mass is 542 g/mol. The van der Waals surface area contributed by atoms with Gasteiger partial charge in [0.1, 0.15) is 5.82 Å². The largest absolute Gasteiger partial charge is 0.379 e. The van der Waals surface area contributed by atoms with E-state index in [2.05, 4.69) is 32.7 Å². The Kier molecular flexibility index (Phi) is 11.8. The quantitative estimate of drug-likeness (QED) is 0.221. The Morgan fingerprint density at radius 3 is 2.48 bits per heavy atom. The molecule has 3 rings (SSSR count). The van der Waals surface area contributed by atoms with Gasteiger partial charge in [0, 0.05) is 33.2 Å². The zero-order valence-corrected chi connectivity index (χ0v) is 20.3. The third-order valence-corrected chi connectivity index (χ3v) is 5.08. The van der Waals surface area contributed by atoms with Crippen LogP contribution < -0.4 is 10.6 Å². The average molecular weight is 542 g/mol. The molecule has 0 spiro atoms. The molecule has 1 fully saturated rings. The summed E-state index contributed by atoms with van der Waals surface area (Å²) in [7, 11) is 1.75. The van der Waals surface area contributed by atoms with Crippen molar-refractivity contribution in [1.29, 1.82) is 0 Å². The minimum Gasteiger partial charge on any atom is -0.379 e. The molecule has 2 N–H and O–H groups in total. The van der Waals surface area contributed by atoms with E-state index in [1.807, 2.05) is 30.3 Å². The van der Waals surface area contributed by atoms with E-state index >= 15 is 0 Å². The van der Waals surface area contributed by atoms with E-state index in [0.717, 1.165) is 30.2 Å². The van der Waals surface area contributed by atoms with Gasteiger partial charge in [0.25, 0.3) is 0 Å². The summed E-state index contributed by atoms with van der Waals surface area (Å²) in [5, 5.41) is 6.68. The molecule has 0 amide bonds. The zero-order chi connectivity index (χ0) is 21.0. The predicted molar refractivity (Wildman–Crippen MR) is 132 cm³/mol. The van der Waals surface area contributed by atoms with E-state index in [9.17, 15) is 4.39 Å². The van der Waals surface area contributed by atoms with E-state index in [1.165, 1.54) is 12.1 Å². The fraction of sp³-hybridized carbons (Fsp3) is 0.435. The number of ether oxygens (including phenoxy) is 2. The van der Waals surface area contributed by atoms with E-state index in [4.69, 9.17) is 9.47 Å². The van der Waals surface area contributed by atoms with Gasteiger partial charge in [-0.05, 0) is 23.3 Å². The Morgan fingerprint density at radius 1 is 1.10 bits per heavy atom. The van der Waals surface area contributed by atoms with Crippen molar-refractivity contribution in [2.75, 3.05) is 53.0 Å². The average Bonchev–Trinajstić information content (AvgIpc) is 2.80. The first-order valence-electron chi connectivity index (χ1n) is 10.4. The molecular weight excluding hydrogens is 510 g/mol. The van der Waals surface area contributed by atoms with Gasteiger partial charge in [0.15, 0.2) is 5.96 Å². The van der Waals surface area contributed by atoms with E-state index in [1.54, 1.807) is 7.05 Å². The number of halogens is 2. The molecule has 0 bridgehead atoms. The van der Waals surface area contributed by atoms with Crippen LogP contribution in [0.3, 0.4) is 0 Å². The van der Waals surface area contributed by atoms with Gasteiger partial charge in [-0.15, -0.1) is 24.0 Å². The first-order chi connectivity index (χ1) is 14.8. The molecular formula is C23H32FIN4O2. The fourth-order valence-corrected chi connectivity index (χ4v) is 3.45. The van der Waals surface area contributed by atoms with Crippen molar-refractivity contribution in [2.45, 2.75) is 12.6 Å². The normalized spacial score (nSPS) is 15.7. The van der Waals surface area contributed by atoms with Crippen molar-refractivity contribution >= 4 is 29.9 Å². The van der Waals surface area contributed by atoms with Gasteiger partial charge in [-0.3, -0.25) is 9.89 Å². The highest BCUT2D eigenvalue weighted by Gasteiger charge is 2.23. The van der Waals surface area contributed by atoms with Crippen molar-refractivity contribution in [1.82, 2.24) is 15.5 Å².